The Bertz CT molecular complexity index is 666. The van der Waals surface area contributed by atoms with Gasteiger partial charge in [0.05, 0.1) is 4.90 Å². The third-order valence-corrected chi connectivity index (χ3v) is 5.66. The largest absolute Gasteiger partial charge is 0.445 e. The fourth-order valence-corrected chi connectivity index (χ4v) is 4.41. The van der Waals surface area contributed by atoms with Gasteiger partial charge in [-0.2, -0.15) is 0 Å². The van der Waals surface area contributed by atoms with E-state index in [1.54, 1.807) is 0 Å². The molecule has 1 aromatic carbocycles. The van der Waals surface area contributed by atoms with Crippen LogP contribution in [-0.2, 0) is 24.2 Å². The van der Waals surface area contributed by atoms with Gasteiger partial charge < -0.3 is 4.74 Å². The zero-order valence-corrected chi connectivity index (χ0v) is 12.9. The second-order valence-electron chi connectivity index (χ2n) is 5.37. The smallest absolute Gasteiger partial charge is 0.303 e. The van der Waals surface area contributed by atoms with Crippen LogP contribution in [0, 0.1) is 11.7 Å². The molecule has 0 heterocycles. The van der Waals surface area contributed by atoms with Gasteiger partial charge in [-0.15, -0.1) is 0 Å². The van der Waals surface area contributed by atoms with Crippen LogP contribution in [0.3, 0.4) is 0 Å². The number of halogens is 1. The Morgan fingerprint density at radius 1 is 1.32 bits per heavy atom. The monoisotopic (exact) mass is 328 g/mol. The molecular formula is C15H17FO5S. The average Bonchev–Trinajstić information content (AvgIpc) is 2.45. The summed E-state index contributed by atoms with van der Waals surface area (Å²) in [7, 11) is -4.00. The first kappa shape index (κ1) is 16.6. The zero-order chi connectivity index (χ0) is 16.3. The van der Waals surface area contributed by atoms with Crippen molar-refractivity contribution in [2.45, 2.75) is 42.9 Å². The summed E-state index contributed by atoms with van der Waals surface area (Å²) in [4.78, 5) is 22.7. The van der Waals surface area contributed by atoms with E-state index in [1.807, 2.05) is 0 Å². The Hall–Kier alpha value is -1.76. The van der Waals surface area contributed by atoms with Gasteiger partial charge in [-0.25, -0.2) is 12.8 Å². The first-order valence-corrected chi connectivity index (χ1v) is 8.53. The van der Waals surface area contributed by atoms with E-state index in [9.17, 15) is 22.4 Å². The minimum atomic E-state index is -4.00. The maximum atomic E-state index is 13.0. The first-order chi connectivity index (χ1) is 10.3. The summed E-state index contributed by atoms with van der Waals surface area (Å²) >= 11 is 0. The number of ketones is 1. The van der Waals surface area contributed by atoms with Crippen molar-refractivity contribution in [1.29, 1.82) is 0 Å². The summed E-state index contributed by atoms with van der Waals surface area (Å²) in [5, 5.41) is 0. The molecule has 22 heavy (non-hydrogen) atoms. The maximum Gasteiger partial charge on any atom is 0.303 e. The first-order valence-electron chi connectivity index (χ1n) is 6.99. The van der Waals surface area contributed by atoms with E-state index >= 15 is 0 Å². The van der Waals surface area contributed by atoms with Gasteiger partial charge in [0.1, 0.15) is 11.6 Å². The minimum Gasteiger partial charge on any atom is -0.445 e. The molecule has 0 N–H and O–H groups in total. The SMILES string of the molecule is CC(=O)OC(C1CCCC(=O)C1)S(=O)(=O)c1ccc(F)cc1. The third kappa shape index (κ3) is 3.71. The van der Waals surface area contributed by atoms with Gasteiger partial charge in [0.2, 0.25) is 15.3 Å². The van der Waals surface area contributed by atoms with Crippen molar-refractivity contribution in [3.8, 4) is 0 Å². The van der Waals surface area contributed by atoms with Crippen molar-refractivity contribution in [3.63, 3.8) is 0 Å². The molecule has 2 rings (SSSR count). The van der Waals surface area contributed by atoms with Gasteiger partial charge in [-0.05, 0) is 37.1 Å². The van der Waals surface area contributed by atoms with E-state index in [1.165, 1.54) is 0 Å². The van der Waals surface area contributed by atoms with Crippen LogP contribution >= 0.6 is 0 Å². The number of sulfone groups is 1. The molecule has 0 radical (unpaired) electrons. The van der Waals surface area contributed by atoms with Crippen LogP contribution in [0.25, 0.3) is 0 Å². The van der Waals surface area contributed by atoms with E-state index in [4.69, 9.17) is 4.74 Å². The lowest BCUT2D eigenvalue weighted by molar-refractivity contribution is -0.146. The van der Waals surface area contributed by atoms with E-state index in [0.717, 1.165) is 31.2 Å². The lowest BCUT2D eigenvalue weighted by Crippen LogP contribution is -2.37. The summed E-state index contributed by atoms with van der Waals surface area (Å²) < 4.78 is 43.3. The highest BCUT2D eigenvalue weighted by Crippen LogP contribution is 2.32. The number of carbonyl (C=O) groups is 2. The Morgan fingerprint density at radius 2 is 1.95 bits per heavy atom. The molecule has 0 amide bonds. The van der Waals surface area contributed by atoms with Crippen molar-refractivity contribution in [3.05, 3.63) is 30.1 Å². The number of ether oxygens (including phenoxy) is 1. The van der Waals surface area contributed by atoms with Crippen LogP contribution in [0.2, 0.25) is 0 Å². The molecule has 0 spiro atoms. The fourth-order valence-electron chi connectivity index (χ4n) is 2.63. The zero-order valence-electron chi connectivity index (χ0n) is 12.1. The van der Waals surface area contributed by atoms with Crippen LogP contribution in [0.15, 0.2) is 29.2 Å². The molecule has 5 nitrogen and oxygen atoms in total. The van der Waals surface area contributed by atoms with E-state index in [-0.39, 0.29) is 17.1 Å². The minimum absolute atomic E-state index is 0.0392. The second-order valence-corrected chi connectivity index (χ2v) is 7.40. The van der Waals surface area contributed by atoms with Crippen LogP contribution in [0.5, 0.6) is 0 Å². The summed E-state index contributed by atoms with van der Waals surface area (Å²) in [5.74, 6) is -1.90. The summed E-state index contributed by atoms with van der Waals surface area (Å²) in [6.45, 7) is 1.12. The molecule has 1 saturated carbocycles. The standard InChI is InChI=1S/C15H17FO5S/c1-10(17)21-15(11-3-2-4-13(18)9-11)22(19,20)14-7-5-12(16)6-8-14/h5-8,11,15H,2-4,9H2,1H3. The number of benzene rings is 1. The van der Waals surface area contributed by atoms with E-state index < -0.39 is 33.0 Å². The number of Topliss-reactive ketones (excluding diaryl/α,β-unsaturated/α-hetero) is 1. The Labute approximate surface area is 128 Å². The molecule has 1 fully saturated rings. The predicted octanol–water partition coefficient (Wildman–Crippen LogP) is 2.25. The van der Waals surface area contributed by atoms with Gasteiger partial charge in [-0.3, -0.25) is 9.59 Å². The Morgan fingerprint density at radius 3 is 2.50 bits per heavy atom. The molecule has 1 aliphatic carbocycles. The maximum absolute atomic E-state index is 13.0. The quantitative estimate of drug-likeness (QED) is 0.626. The molecule has 0 bridgehead atoms. The highest BCUT2D eigenvalue weighted by molar-refractivity contribution is 7.92. The van der Waals surface area contributed by atoms with Gasteiger partial charge in [0.25, 0.3) is 0 Å². The normalized spacial score (nSPS) is 20.5. The summed E-state index contributed by atoms with van der Waals surface area (Å²) in [5.41, 5.74) is -1.42. The van der Waals surface area contributed by atoms with Gasteiger partial charge in [0, 0.05) is 25.7 Å². The predicted molar refractivity (Wildman–Crippen MR) is 76.1 cm³/mol. The molecule has 1 aromatic rings. The van der Waals surface area contributed by atoms with Crippen molar-refractivity contribution in [2.75, 3.05) is 0 Å². The van der Waals surface area contributed by atoms with E-state index in [0.29, 0.717) is 19.3 Å². The highest BCUT2D eigenvalue weighted by atomic mass is 32.2. The summed E-state index contributed by atoms with van der Waals surface area (Å²) in [6, 6.07) is 4.32. The lowest BCUT2D eigenvalue weighted by Gasteiger charge is -2.28. The van der Waals surface area contributed by atoms with Gasteiger partial charge >= 0.3 is 5.97 Å². The number of rotatable bonds is 4. The molecule has 7 heteroatoms. The highest BCUT2D eigenvalue weighted by Gasteiger charge is 2.39. The van der Waals surface area contributed by atoms with E-state index in [2.05, 4.69) is 0 Å². The Kier molecular flexibility index (Phi) is 4.95. The molecular weight excluding hydrogens is 311 g/mol. The van der Waals surface area contributed by atoms with Crippen LogP contribution < -0.4 is 0 Å². The fraction of sp³-hybridized carbons (Fsp3) is 0.467. The molecule has 0 saturated heterocycles. The van der Waals surface area contributed by atoms with Crippen molar-refractivity contribution >= 4 is 21.6 Å². The number of hydrogen-bond acceptors (Lipinski definition) is 5. The summed E-state index contributed by atoms with van der Waals surface area (Å²) in [6.07, 6.45) is 1.54. The van der Waals surface area contributed by atoms with Crippen LogP contribution in [0.4, 0.5) is 4.39 Å². The number of hydrogen-bond donors (Lipinski definition) is 0. The van der Waals surface area contributed by atoms with Crippen LogP contribution in [-0.4, -0.2) is 25.6 Å². The molecule has 2 unspecified atom stereocenters. The van der Waals surface area contributed by atoms with Crippen molar-refractivity contribution < 1.29 is 27.1 Å². The molecule has 1 aliphatic rings. The van der Waals surface area contributed by atoms with Crippen molar-refractivity contribution in [2.24, 2.45) is 5.92 Å². The van der Waals surface area contributed by atoms with Crippen molar-refractivity contribution in [1.82, 2.24) is 0 Å². The third-order valence-electron chi connectivity index (χ3n) is 3.64. The molecule has 0 aliphatic heterocycles. The number of carbonyl (C=O) groups excluding carboxylic acids is 2. The Balaban J connectivity index is 2.36. The second kappa shape index (κ2) is 6.56. The van der Waals surface area contributed by atoms with Crippen LogP contribution in [0.1, 0.15) is 32.6 Å². The molecule has 2 atom stereocenters. The molecule has 0 aromatic heterocycles. The lowest BCUT2D eigenvalue weighted by atomic mass is 9.89. The number of esters is 1. The van der Waals surface area contributed by atoms with Gasteiger partial charge in [0.15, 0.2) is 0 Å². The average molecular weight is 328 g/mol. The molecule has 120 valence electrons. The topological polar surface area (TPSA) is 77.5 Å². The van der Waals surface area contributed by atoms with Gasteiger partial charge in [-0.1, -0.05) is 0 Å².